The molecule has 0 spiro atoms. The molecule has 0 heterocycles. The largest absolute Gasteiger partial charge is 0.349 e. The van der Waals surface area contributed by atoms with Gasteiger partial charge in [0.05, 0.1) is 0 Å². The molecular weight excluding hydrogens is 382 g/mol. The number of carbonyl (C=O) groups excluding carboxylic acids is 1. The highest BCUT2D eigenvalue weighted by Crippen LogP contribution is 2.49. The third-order valence-electron chi connectivity index (χ3n) is 4.92. The fourth-order valence-corrected chi connectivity index (χ4v) is 5.28. The van der Waals surface area contributed by atoms with Gasteiger partial charge in [0.25, 0.3) is 5.91 Å². The van der Waals surface area contributed by atoms with Crippen LogP contribution in [0.5, 0.6) is 0 Å². The van der Waals surface area contributed by atoms with Crippen molar-refractivity contribution in [2.75, 3.05) is 0 Å². The van der Waals surface area contributed by atoms with Crippen molar-refractivity contribution in [3.8, 4) is 0 Å². The Labute approximate surface area is 137 Å². The highest BCUT2D eigenvalue weighted by Gasteiger charge is 2.42. The van der Waals surface area contributed by atoms with Gasteiger partial charge >= 0.3 is 0 Å². The Morgan fingerprint density at radius 3 is 2.45 bits per heavy atom. The molecule has 1 N–H and O–H groups in total. The van der Waals surface area contributed by atoms with E-state index in [0.717, 1.165) is 20.8 Å². The van der Waals surface area contributed by atoms with Gasteiger partial charge in [0.2, 0.25) is 0 Å². The first-order valence-corrected chi connectivity index (χ1v) is 8.88. The van der Waals surface area contributed by atoms with Crippen LogP contribution in [-0.4, -0.2) is 11.9 Å². The molecule has 108 valence electrons. The Bertz CT molecular complexity index is 511. The molecule has 0 aliphatic heterocycles. The highest BCUT2D eigenvalue weighted by molar-refractivity contribution is 9.11. The van der Waals surface area contributed by atoms with E-state index in [1.165, 1.54) is 25.7 Å². The maximum absolute atomic E-state index is 12.4. The summed E-state index contributed by atoms with van der Waals surface area (Å²) in [6.45, 7) is 2.16. The zero-order valence-electron chi connectivity index (χ0n) is 11.5. The SMILES string of the molecule is CC(NC(=O)c1cc(Br)cc(Br)c1)C1CC2CCC1C2. The topological polar surface area (TPSA) is 29.1 Å². The van der Waals surface area contributed by atoms with Crippen molar-refractivity contribution < 1.29 is 4.79 Å². The summed E-state index contributed by atoms with van der Waals surface area (Å²) >= 11 is 6.86. The lowest BCUT2D eigenvalue weighted by atomic mass is 9.84. The average molecular weight is 401 g/mol. The molecule has 4 heteroatoms. The van der Waals surface area contributed by atoms with Crippen molar-refractivity contribution in [3.05, 3.63) is 32.7 Å². The van der Waals surface area contributed by atoms with Crippen LogP contribution >= 0.6 is 31.9 Å². The second-order valence-corrected chi connectivity index (χ2v) is 8.09. The molecule has 0 radical (unpaired) electrons. The van der Waals surface area contributed by atoms with Crippen LogP contribution in [0.4, 0.5) is 0 Å². The molecule has 3 rings (SSSR count). The van der Waals surface area contributed by atoms with Gasteiger partial charge in [-0.15, -0.1) is 0 Å². The first-order valence-electron chi connectivity index (χ1n) is 7.30. The van der Waals surface area contributed by atoms with Crippen LogP contribution in [0.2, 0.25) is 0 Å². The number of amides is 1. The molecule has 2 bridgehead atoms. The standard InChI is InChI=1S/C16H19Br2NO/c1-9(15-5-10-2-3-11(15)4-10)19-16(20)12-6-13(17)8-14(18)7-12/h6-11,15H,2-5H2,1H3,(H,19,20). The van der Waals surface area contributed by atoms with E-state index in [0.29, 0.717) is 11.5 Å². The van der Waals surface area contributed by atoms with E-state index < -0.39 is 0 Å². The molecule has 2 aliphatic rings. The minimum Gasteiger partial charge on any atom is -0.349 e. The number of nitrogens with one attached hydrogen (secondary N) is 1. The van der Waals surface area contributed by atoms with Gasteiger partial charge in [-0.2, -0.15) is 0 Å². The van der Waals surface area contributed by atoms with Crippen LogP contribution in [0, 0.1) is 17.8 Å². The molecule has 0 saturated heterocycles. The quantitative estimate of drug-likeness (QED) is 0.777. The monoisotopic (exact) mass is 399 g/mol. The van der Waals surface area contributed by atoms with E-state index in [9.17, 15) is 4.79 Å². The van der Waals surface area contributed by atoms with Crippen LogP contribution in [0.3, 0.4) is 0 Å². The Morgan fingerprint density at radius 2 is 1.90 bits per heavy atom. The normalized spacial score (nSPS) is 29.4. The first kappa shape index (κ1) is 14.6. The lowest BCUT2D eigenvalue weighted by molar-refractivity contribution is 0.0915. The van der Waals surface area contributed by atoms with Gasteiger partial charge in [-0.1, -0.05) is 38.3 Å². The van der Waals surface area contributed by atoms with Gasteiger partial charge < -0.3 is 5.32 Å². The number of hydrogen-bond donors (Lipinski definition) is 1. The van der Waals surface area contributed by atoms with Crippen LogP contribution in [0.25, 0.3) is 0 Å². The number of hydrogen-bond acceptors (Lipinski definition) is 1. The fraction of sp³-hybridized carbons (Fsp3) is 0.562. The maximum atomic E-state index is 12.4. The first-order chi connectivity index (χ1) is 9.52. The summed E-state index contributed by atoms with van der Waals surface area (Å²) in [4.78, 5) is 12.4. The molecule has 1 aromatic rings. The fourth-order valence-electron chi connectivity index (χ4n) is 3.99. The number of fused-ring (bicyclic) bond motifs is 2. The van der Waals surface area contributed by atoms with Crippen LogP contribution < -0.4 is 5.32 Å². The minimum absolute atomic E-state index is 0.0299. The third kappa shape index (κ3) is 2.96. The van der Waals surface area contributed by atoms with E-state index in [1.54, 1.807) is 0 Å². The summed E-state index contributed by atoms with van der Waals surface area (Å²) in [5, 5.41) is 3.20. The molecule has 4 unspecified atom stereocenters. The molecule has 2 nitrogen and oxygen atoms in total. The zero-order chi connectivity index (χ0) is 14.3. The average Bonchev–Trinajstić information content (AvgIpc) is 2.99. The maximum Gasteiger partial charge on any atom is 0.251 e. The molecule has 1 amide bonds. The predicted octanol–water partition coefficient (Wildman–Crippen LogP) is 4.77. The smallest absolute Gasteiger partial charge is 0.251 e. The van der Waals surface area contributed by atoms with Crippen molar-refractivity contribution >= 4 is 37.8 Å². The lowest BCUT2D eigenvalue weighted by Crippen LogP contribution is -2.40. The summed E-state index contributed by atoms with van der Waals surface area (Å²) in [6, 6.07) is 5.95. The molecule has 2 saturated carbocycles. The van der Waals surface area contributed by atoms with Gasteiger partial charge in [-0.3, -0.25) is 4.79 Å². The summed E-state index contributed by atoms with van der Waals surface area (Å²) in [7, 11) is 0. The zero-order valence-corrected chi connectivity index (χ0v) is 14.7. The summed E-state index contributed by atoms with van der Waals surface area (Å²) in [5.41, 5.74) is 0.709. The minimum atomic E-state index is 0.0299. The Hall–Kier alpha value is -0.350. The van der Waals surface area contributed by atoms with Crippen molar-refractivity contribution in [1.82, 2.24) is 5.32 Å². The molecule has 2 fully saturated rings. The van der Waals surface area contributed by atoms with Crippen molar-refractivity contribution in [1.29, 1.82) is 0 Å². The number of carbonyl (C=O) groups is 1. The predicted molar refractivity (Wildman–Crippen MR) is 87.7 cm³/mol. The van der Waals surface area contributed by atoms with Gasteiger partial charge in [0, 0.05) is 20.6 Å². The van der Waals surface area contributed by atoms with Gasteiger partial charge in [0.1, 0.15) is 0 Å². The summed E-state index contributed by atoms with van der Waals surface area (Å²) in [5.74, 6) is 2.46. The Morgan fingerprint density at radius 1 is 1.20 bits per heavy atom. The van der Waals surface area contributed by atoms with E-state index in [2.05, 4.69) is 44.1 Å². The molecular formula is C16H19Br2NO. The van der Waals surface area contributed by atoms with Gasteiger partial charge in [0.15, 0.2) is 0 Å². The number of halogens is 2. The second-order valence-electron chi connectivity index (χ2n) is 6.26. The van der Waals surface area contributed by atoms with Crippen LogP contribution in [0.1, 0.15) is 43.0 Å². The van der Waals surface area contributed by atoms with Crippen molar-refractivity contribution in [2.45, 2.75) is 38.6 Å². The number of benzene rings is 1. The van der Waals surface area contributed by atoms with Crippen molar-refractivity contribution in [3.63, 3.8) is 0 Å². The van der Waals surface area contributed by atoms with Gasteiger partial charge in [-0.05, 0) is 62.1 Å². The summed E-state index contributed by atoms with van der Waals surface area (Å²) in [6.07, 6.45) is 5.44. The molecule has 0 aromatic heterocycles. The number of rotatable bonds is 3. The lowest BCUT2D eigenvalue weighted by Gasteiger charge is -2.28. The Kier molecular flexibility index (Phi) is 4.23. The van der Waals surface area contributed by atoms with E-state index in [4.69, 9.17) is 0 Å². The van der Waals surface area contributed by atoms with Gasteiger partial charge in [-0.25, -0.2) is 0 Å². The molecule has 1 aromatic carbocycles. The molecule has 4 atom stereocenters. The molecule has 2 aliphatic carbocycles. The van der Waals surface area contributed by atoms with Crippen LogP contribution in [0.15, 0.2) is 27.1 Å². The van der Waals surface area contributed by atoms with Crippen molar-refractivity contribution in [2.24, 2.45) is 17.8 Å². The highest BCUT2D eigenvalue weighted by atomic mass is 79.9. The second kappa shape index (κ2) is 5.80. The summed E-state index contributed by atoms with van der Waals surface area (Å²) < 4.78 is 1.84. The van der Waals surface area contributed by atoms with Crippen LogP contribution in [-0.2, 0) is 0 Å². The van der Waals surface area contributed by atoms with E-state index in [1.807, 2.05) is 18.2 Å². The molecule has 20 heavy (non-hydrogen) atoms. The van der Waals surface area contributed by atoms with E-state index in [-0.39, 0.29) is 11.9 Å². The van der Waals surface area contributed by atoms with E-state index >= 15 is 0 Å². The third-order valence-corrected chi connectivity index (χ3v) is 5.83. The Balaban J connectivity index is 1.66.